The molecule has 1 fully saturated rings. The van der Waals surface area contributed by atoms with Crippen molar-refractivity contribution in [3.05, 3.63) is 17.7 Å². The predicted octanol–water partition coefficient (Wildman–Crippen LogP) is 1.36. The van der Waals surface area contributed by atoms with Gasteiger partial charge in [-0.3, -0.25) is 9.59 Å². The molecule has 3 rings (SSSR count). The number of fused-ring (bicyclic) bond motifs is 1. The highest BCUT2D eigenvalue weighted by Gasteiger charge is 2.29. The second-order valence-corrected chi connectivity index (χ2v) is 7.22. The van der Waals surface area contributed by atoms with E-state index in [1.54, 1.807) is 6.33 Å². The Balaban J connectivity index is 1.59. The maximum absolute atomic E-state index is 12.2. The van der Waals surface area contributed by atoms with Crippen LogP contribution in [0.1, 0.15) is 49.3 Å². The van der Waals surface area contributed by atoms with Gasteiger partial charge in [-0.05, 0) is 37.5 Å². The van der Waals surface area contributed by atoms with E-state index < -0.39 is 0 Å². The van der Waals surface area contributed by atoms with Gasteiger partial charge in [0.05, 0.1) is 17.9 Å². The van der Waals surface area contributed by atoms with E-state index in [2.05, 4.69) is 29.5 Å². The Bertz CT molecular complexity index is 589. The normalized spacial score (nSPS) is 20.2. The van der Waals surface area contributed by atoms with Crippen molar-refractivity contribution in [2.24, 2.45) is 17.8 Å². The van der Waals surface area contributed by atoms with Gasteiger partial charge in [0.1, 0.15) is 5.69 Å². The van der Waals surface area contributed by atoms with Crippen LogP contribution in [-0.2, 0) is 17.8 Å². The average molecular weight is 318 g/mol. The molecule has 2 heterocycles. The zero-order valence-corrected chi connectivity index (χ0v) is 14.0. The topological polar surface area (TPSA) is 76.0 Å². The lowest BCUT2D eigenvalue weighted by Gasteiger charge is -2.24. The fourth-order valence-corrected chi connectivity index (χ4v) is 2.96. The van der Waals surface area contributed by atoms with E-state index in [0.29, 0.717) is 30.6 Å². The van der Waals surface area contributed by atoms with Crippen molar-refractivity contribution in [2.45, 2.75) is 46.1 Å². The lowest BCUT2D eigenvalue weighted by Crippen LogP contribution is -2.37. The van der Waals surface area contributed by atoms with E-state index in [4.69, 9.17) is 0 Å². The number of nitrogens with zero attached hydrogens (tertiary/aromatic N) is 2. The summed E-state index contributed by atoms with van der Waals surface area (Å²) in [6, 6.07) is 0. The van der Waals surface area contributed by atoms with E-state index in [-0.39, 0.29) is 17.7 Å². The Kier molecular flexibility index (Phi) is 4.68. The third kappa shape index (κ3) is 3.92. The van der Waals surface area contributed by atoms with Crippen molar-refractivity contribution in [3.8, 4) is 0 Å². The van der Waals surface area contributed by atoms with Crippen LogP contribution in [0.25, 0.3) is 0 Å². The first-order valence-corrected chi connectivity index (χ1v) is 8.64. The smallest absolute Gasteiger partial charge is 0.271 e. The molecule has 6 heteroatoms. The first-order chi connectivity index (χ1) is 11.0. The summed E-state index contributed by atoms with van der Waals surface area (Å²) in [6.45, 7) is 6.21. The summed E-state index contributed by atoms with van der Waals surface area (Å²) in [5.74, 6) is 1.13. The molecule has 0 spiro atoms. The fraction of sp³-hybridized carbons (Fsp3) is 0.706. The third-order valence-corrected chi connectivity index (χ3v) is 4.61. The van der Waals surface area contributed by atoms with Crippen LogP contribution >= 0.6 is 0 Å². The third-order valence-electron chi connectivity index (χ3n) is 4.61. The molecule has 1 aliphatic carbocycles. The highest BCUT2D eigenvalue weighted by Crippen LogP contribution is 2.28. The van der Waals surface area contributed by atoms with E-state index in [0.717, 1.165) is 25.1 Å². The molecule has 1 aliphatic heterocycles. The molecular weight excluding hydrogens is 292 g/mol. The molecule has 1 aromatic heterocycles. The van der Waals surface area contributed by atoms with Gasteiger partial charge in [-0.15, -0.1) is 0 Å². The number of amides is 2. The molecule has 0 radical (unpaired) electrons. The van der Waals surface area contributed by atoms with Crippen molar-refractivity contribution in [1.29, 1.82) is 0 Å². The molecule has 1 saturated carbocycles. The molecular formula is C17H26N4O2. The maximum atomic E-state index is 12.2. The highest BCUT2D eigenvalue weighted by molar-refractivity contribution is 5.93. The van der Waals surface area contributed by atoms with E-state index in [9.17, 15) is 9.59 Å². The van der Waals surface area contributed by atoms with Gasteiger partial charge in [-0.25, -0.2) is 4.98 Å². The number of carbonyl (C=O) groups excluding carboxylic acids is 2. The molecule has 2 N–H and O–H groups in total. The van der Waals surface area contributed by atoms with Gasteiger partial charge in [-0.2, -0.15) is 0 Å². The van der Waals surface area contributed by atoms with Crippen molar-refractivity contribution >= 4 is 11.8 Å². The number of aromatic nitrogens is 2. The minimum absolute atomic E-state index is 0.0120. The lowest BCUT2D eigenvalue weighted by atomic mass is 9.96. The fourth-order valence-electron chi connectivity index (χ4n) is 2.96. The van der Waals surface area contributed by atoms with Gasteiger partial charge in [0, 0.05) is 19.6 Å². The van der Waals surface area contributed by atoms with Crippen molar-refractivity contribution in [1.82, 2.24) is 20.2 Å². The largest absolute Gasteiger partial charge is 0.356 e. The van der Waals surface area contributed by atoms with Gasteiger partial charge in [0.2, 0.25) is 5.91 Å². The van der Waals surface area contributed by atoms with Crippen LogP contribution in [0.15, 0.2) is 6.33 Å². The summed E-state index contributed by atoms with van der Waals surface area (Å²) in [5.41, 5.74) is 1.47. The second-order valence-electron chi connectivity index (χ2n) is 7.22. The minimum Gasteiger partial charge on any atom is -0.356 e. The van der Waals surface area contributed by atoms with Crippen molar-refractivity contribution in [2.75, 3.05) is 13.1 Å². The first kappa shape index (κ1) is 16.0. The zero-order chi connectivity index (χ0) is 16.4. The summed E-state index contributed by atoms with van der Waals surface area (Å²) in [7, 11) is 0. The van der Waals surface area contributed by atoms with E-state index >= 15 is 0 Å². The Morgan fingerprint density at radius 1 is 1.30 bits per heavy atom. The summed E-state index contributed by atoms with van der Waals surface area (Å²) in [4.78, 5) is 28.7. The van der Waals surface area contributed by atoms with Gasteiger partial charge in [-0.1, -0.05) is 13.8 Å². The standard InChI is InChI=1S/C17H26N4O2/c1-11(2)7-18-17(23)15-14-6-5-13(9-21(14)10-20-15)16(22)19-8-12-3-4-12/h10-13H,3-9H2,1-2H3,(H,18,23)(H,19,22). The van der Waals surface area contributed by atoms with Crippen LogP contribution in [0.3, 0.4) is 0 Å². The van der Waals surface area contributed by atoms with Gasteiger partial charge in [0.15, 0.2) is 0 Å². The van der Waals surface area contributed by atoms with Gasteiger partial charge in [0.25, 0.3) is 5.91 Å². The Hall–Kier alpha value is -1.85. The number of imidazole rings is 1. The van der Waals surface area contributed by atoms with Crippen molar-refractivity contribution in [3.63, 3.8) is 0 Å². The summed E-state index contributed by atoms with van der Waals surface area (Å²) < 4.78 is 1.97. The van der Waals surface area contributed by atoms with Crippen LogP contribution in [0, 0.1) is 17.8 Å². The van der Waals surface area contributed by atoms with E-state index in [1.165, 1.54) is 12.8 Å². The molecule has 0 bridgehead atoms. The number of carbonyl (C=O) groups is 2. The predicted molar refractivity (Wildman–Crippen MR) is 86.9 cm³/mol. The monoisotopic (exact) mass is 318 g/mol. The Morgan fingerprint density at radius 2 is 2.09 bits per heavy atom. The van der Waals surface area contributed by atoms with Crippen LogP contribution in [0.4, 0.5) is 0 Å². The number of rotatable bonds is 6. The molecule has 2 aliphatic rings. The molecule has 2 amide bonds. The van der Waals surface area contributed by atoms with Crippen LogP contribution in [0.2, 0.25) is 0 Å². The molecule has 1 unspecified atom stereocenters. The number of hydrogen-bond acceptors (Lipinski definition) is 3. The molecule has 23 heavy (non-hydrogen) atoms. The molecule has 6 nitrogen and oxygen atoms in total. The SMILES string of the molecule is CC(C)CNC(=O)c1ncn2c1CCC(C(=O)NCC1CC1)C2. The maximum Gasteiger partial charge on any atom is 0.271 e. The first-order valence-electron chi connectivity index (χ1n) is 8.64. The molecule has 0 saturated heterocycles. The molecule has 1 aromatic rings. The minimum atomic E-state index is -0.107. The zero-order valence-electron chi connectivity index (χ0n) is 14.0. The number of nitrogens with one attached hydrogen (secondary N) is 2. The van der Waals surface area contributed by atoms with Crippen LogP contribution < -0.4 is 10.6 Å². The van der Waals surface area contributed by atoms with E-state index in [1.807, 2.05) is 4.57 Å². The Labute approximate surface area is 137 Å². The number of hydrogen-bond donors (Lipinski definition) is 2. The van der Waals surface area contributed by atoms with Gasteiger partial charge >= 0.3 is 0 Å². The average Bonchev–Trinajstić information content (AvgIpc) is 3.27. The molecule has 1 atom stereocenters. The summed E-state index contributed by atoms with van der Waals surface area (Å²) in [5, 5.41) is 5.97. The van der Waals surface area contributed by atoms with Crippen LogP contribution in [-0.4, -0.2) is 34.5 Å². The quantitative estimate of drug-likeness (QED) is 0.831. The summed E-state index contributed by atoms with van der Waals surface area (Å²) >= 11 is 0. The second kappa shape index (κ2) is 6.72. The molecule has 0 aromatic carbocycles. The van der Waals surface area contributed by atoms with Crippen molar-refractivity contribution < 1.29 is 9.59 Å². The van der Waals surface area contributed by atoms with Gasteiger partial charge < -0.3 is 15.2 Å². The lowest BCUT2D eigenvalue weighted by molar-refractivity contribution is -0.126. The summed E-state index contributed by atoms with van der Waals surface area (Å²) in [6.07, 6.45) is 5.69. The highest BCUT2D eigenvalue weighted by atomic mass is 16.2. The Morgan fingerprint density at radius 3 is 2.78 bits per heavy atom. The molecule has 126 valence electrons. The van der Waals surface area contributed by atoms with Crippen LogP contribution in [0.5, 0.6) is 0 Å².